The van der Waals surface area contributed by atoms with Gasteiger partial charge in [-0.1, -0.05) is 49.4 Å². The Labute approximate surface area is 372 Å². The van der Waals surface area contributed by atoms with Crippen LogP contribution in [0.3, 0.4) is 0 Å². The van der Waals surface area contributed by atoms with Crippen molar-refractivity contribution in [2.75, 3.05) is 61.8 Å². The van der Waals surface area contributed by atoms with Crippen molar-refractivity contribution in [2.24, 2.45) is 0 Å². The lowest BCUT2D eigenvalue weighted by atomic mass is 10.0. The highest BCUT2D eigenvalue weighted by Crippen LogP contribution is 2.36. The topological polar surface area (TPSA) is 235 Å². The van der Waals surface area contributed by atoms with Gasteiger partial charge in [-0.2, -0.15) is 0 Å². The molecule has 338 valence electrons. The summed E-state index contributed by atoms with van der Waals surface area (Å²) in [6.07, 6.45) is 3.14. The minimum atomic E-state index is -0.730. The highest BCUT2D eigenvalue weighted by atomic mass is 16.5. The van der Waals surface area contributed by atoms with Crippen LogP contribution >= 0.6 is 0 Å². The van der Waals surface area contributed by atoms with Gasteiger partial charge in [-0.05, 0) is 56.0 Å². The Morgan fingerprint density at radius 3 is 1.63 bits per heavy atom. The SMILES string of the molecule is CCOc1c(Nc2cccc(C(=O)N3CCN4C(=O)CCC4C3)c2O)c(=O)c1=O.CC[C@@H](Nc1c(Nc2cccc(C(=O)N3CCN4C(=O)CCC4C3)c2O)c(=O)c1=O)c1ccccc1. The van der Waals surface area contributed by atoms with Crippen LogP contribution in [0.5, 0.6) is 17.2 Å². The third kappa shape index (κ3) is 8.38. The number of phenolic OH excluding ortho intramolecular Hbond substituents is 2. The van der Waals surface area contributed by atoms with Crippen LogP contribution in [0.15, 0.2) is 85.9 Å². The first-order chi connectivity index (χ1) is 31.3. The zero-order valence-corrected chi connectivity index (χ0v) is 35.9. The number of nitrogens with one attached hydrogen (secondary N) is 3. The largest absolute Gasteiger partial charge is 0.505 e. The predicted octanol–water partition coefficient (Wildman–Crippen LogP) is 3.32. The molecule has 18 heteroatoms. The number of nitrogens with zero attached hydrogens (tertiary/aromatic N) is 4. The number of piperazine rings is 2. The molecular formula is C47H49N7O11. The van der Waals surface area contributed by atoms with Crippen molar-refractivity contribution in [2.45, 2.75) is 64.1 Å². The second-order valence-corrected chi connectivity index (χ2v) is 16.4. The molecule has 3 atom stereocenters. The van der Waals surface area contributed by atoms with Crippen LogP contribution in [0.25, 0.3) is 0 Å². The summed E-state index contributed by atoms with van der Waals surface area (Å²) < 4.78 is 5.16. The zero-order chi connectivity index (χ0) is 46.1. The molecule has 4 aliphatic heterocycles. The Kier molecular flexibility index (Phi) is 12.4. The van der Waals surface area contributed by atoms with Gasteiger partial charge in [0.25, 0.3) is 33.5 Å². The van der Waals surface area contributed by atoms with Crippen molar-refractivity contribution in [3.8, 4) is 17.2 Å². The summed E-state index contributed by atoms with van der Waals surface area (Å²) in [6.45, 7) is 6.48. The van der Waals surface area contributed by atoms with E-state index in [9.17, 15) is 48.6 Å². The lowest BCUT2D eigenvalue weighted by Crippen LogP contribution is -2.53. The number of anilines is 5. The normalized spacial score (nSPS) is 18.5. The molecule has 0 saturated carbocycles. The van der Waals surface area contributed by atoms with Gasteiger partial charge >= 0.3 is 0 Å². The average molecular weight is 888 g/mol. The second-order valence-electron chi connectivity index (χ2n) is 16.4. The fraction of sp³-hybridized carbons (Fsp3) is 0.362. The van der Waals surface area contributed by atoms with E-state index in [2.05, 4.69) is 16.0 Å². The number of aromatic hydroxyl groups is 2. The van der Waals surface area contributed by atoms with Crippen molar-refractivity contribution in [1.82, 2.24) is 19.6 Å². The van der Waals surface area contributed by atoms with Crippen LogP contribution in [-0.2, 0) is 9.59 Å². The minimum absolute atomic E-state index is 0.00664. The number of benzene rings is 3. The van der Waals surface area contributed by atoms with Crippen molar-refractivity contribution in [3.63, 3.8) is 0 Å². The van der Waals surface area contributed by atoms with Crippen molar-refractivity contribution < 1.29 is 34.1 Å². The maximum Gasteiger partial charge on any atom is 0.272 e. The summed E-state index contributed by atoms with van der Waals surface area (Å²) in [6, 6.07) is 18.7. The minimum Gasteiger partial charge on any atom is -0.505 e. The molecule has 65 heavy (non-hydrogen) atoms. The summed E-state index contributed by atoms with van der Waals surface area (Å²) in [7, 11) is 0. The highest BCUT2D eigenvalue weighted by molar-refractivity contribution is 6.00. The molecule has 0 radical (unpaired) electrons. The summed E-state index contributed by atoms with van der Waals surface area (Å²) >= 11 is 0. The van der Waals surface area contributed by atoms with Crippen LogP contribution in [0.4, 0.5) is 28.4 Å². The van der Waals surface area contributed by atoms with Gasteiger partial charge in [0.15, 0.2) is 17.2 Å². The van der Waals surface area contributed by atoms with Crippen molar-refractivity contribution >= 4 is 52.1 Å². The van der Waals surface area contributed by atoms with Crippen molar-refractivity contribution in [3.05, 3.63) is 124 Å². The van der Waals surface area contributed by atoms with Crippen molar-refractivity contribution in [1.29, 1.82) is 0 Å². The number of ether oxygens (including phenoxy) is 1. The first kappa shape index (κ1) is 44.1. The quantitative estimate of drug-likeness (QED) is 0.0894. The molecule has 4 aliphatic rings. The molecule has 2 unspecified atom stereocenters. The molecule has 0 bridgehead atoms. The number of carbonyl (C=O) groups is 4. The van der Waals surface area contributed by atoms with Crippen LogP contribution < -0.4 is 42.4 Å². The number of rotatable bonds is 12. The summed E-state index contributed by atoms with van der Waals surface area (Å²) in [4.78, 5) is 105. The number of para-hydroxylation sites is 2. The van der Waals surface area contributed by atoms with Gasteiger partial charge in [0.2, 0.25) is 11.8 Å². The van der Waals surface area contributed by atoms with Gasteiger partial charge in [-0.25, -0.2) is 0 Å². The average Bonchev–Trinajstić information content (AvgIpc) is 3.90. The maximum absolute atomic E-state index is 13.2. The monoisotopic (exact) mass is 887 g/mol. The smallest absolute Gasteiger partial charge is 0.272 e. The van der Waals surface area contributed by atoms with Gasteiger partial charge < -0.3 is 50.5 Å². The van der Waals surface area contributed by atoms with E-state index in [1.807, 2.05) is 47.1 Å². The maximum atomic E-state index is 13.2. The summed E-state index contributed by atoms with van der Waals surface area (Å²) in [5.41, 5.74) is -1.09. The molecule has 9 rings (SSSR count). The lowest BCUT2D eigenvalue weighted by Gasteiger charge is -2.37. The Balaban J connectivity index is 0.000000181. The molecule has 5 aromatic carbocycles. The van der Waals surface area contributed by atoms with Crippen LogP contribution in [0, 0.1) is 0 Å². The third-order valence-electron chi connectivity index (χ3n) is 12.6. The summed E-state index contributed by atoms with van der Waals surface area (Å²) in [5.74, 6) is -1.12. The fourth-order valence-electron chi connectivity index (χ4n) is 9.04. The molecule has 4 saturated heterocycles. The summed E-state index contributed by atoms with van der Waals surface area (Å²) in [5, 5.41) is 30.3. The molecule has 4 amide bonds. The molecular weight excluding hydrogens is 839 g/mol. The molecule has 18 nitrogen and oxygen atoms in total. The van der Waals surface area contributed by atoms with E-state index in [1.54, 1.807) is 34.9 Å². The van der Waals surface area contributed by atoms with Gasteiger partial charge in [0, 0.05) is 64.2 Å². The number of carbonyl (C=O) groups excluding carboxylic acids is 4. The zero-order valence-electron chi connectivity index (χ0n) is 35.9. The van der Waals surface area contributed by atoms with Gasteiger partial charge in [0.05, 0.1) is 35.2 Å². The van der Waals surface area contributed by atoms with E-state index in [-0.39, 0.29) is 105 Å². The molecule has 4 heterocycles. The van der Waals surface area contributed by atoms with Crippen LogP contribution in [0.2, 0.25) is 0 Å². The number of fused-ring (bicyclic) bond motifs is 2. The van der Waals surface area contributed by atoms with E-state index in [4.69, 9.17) is 4.74 Å². The van der Waals surface area contributed by atoms with E-state index in [0.29, 0.717) is 58.5 Å². The van der Waals surface area contributed by atoms with E-state index >= 15 is 0 Å². The van der Waals surface area contributed by atoms with E-state index in [0.717, 1.165) is 18.4 Å². The molecule has 5 aromatic rings. The molecule has 4 fully saturated rings. The van der Waals surface area contributed by atoms with Gasteiger partial charge in [-0.15, -0.1) is 0 Å². The first-order valence-electron chi connectivity index (χ1n) is 21.8. The molecule has 5 N–H and O–H groups in total. The number of phenols is 2. The van der Waals surface area contributed by atoms with Gasteiger partial charge in [0.1, 0.15) is 17.1 Å². The molecule has 0 spiro atoms. The highest BCUT2D eigenvalue weighted by Gasteiger charge is 2.39. The number of amides is 4. The lowest BCUT2D eigenvalue weighted by molar-refractivity contribution is -0.131. The Morgan fingerprint density at radius 1 is 0.631 bits per heavy atom. The first-order valence-corrected chi connectivity index (χ1v) is 21.8. The Bertz CT molecular complexity index is 2810. The molecule has 0 aliphatic carbocycles. The van der Waals surface area contributed by atoms with E-state index < -0.39 is 21.7 Å². The Hall–Kier alpha value is -7.50. The Morgan fingerprint density at radius 2 is 1.12 bits per heavy atom. The predicted molar refractivity (Wildman–Crippen MR) is 241 cm³/mol. The molecule has 0 aromatic heterocycles. The van der Waals surface area contributed by atoms with Crippen LogP contribution in [0.1, 0.15) is 78.3 Å². The number of hydrogen-bond acceptors (Lipinski definition) is 14. The van der Waals surface area contributed by atoms with Gasteiger partial charge in [-0.3, -0.25) is 38.4 Å². The van der Waals surface area contributed by atoms with E-state index in [1.165, 1.54) is 18.2 Å². The standard InChI is InChI=1S/C27H28N4O5.C20H21N3O6/c1-2-19(16-7-4-3-5-8-16)28-22-23(26(35)25(22)34)29-20-10-6-9-18(24(20)33)27(36)30-13-14-31-17(15-30)11-12-21(31)32;1-2-29-19-15(17(26)18(19)27)21-13-5-3-4-12(16(13)25)20(28)22-8-9-23-11(10-22)6-7-14(23)24/h3-10,17,19,28-29,33H,2,11-15H2,1H3;3-5,11,21,25H,2,6-10H2,1H3/t17?,19-;/m1./s1. The second kappa shape index (κ2) is 18.3. The number of hydrogen-bond donors (Lipinski definition) is 5. The fourth-order valence-corrected chi connectivity index (χ4v) is 9.04. The van der Waals surface area contributed by atoms with Crippen LogP contribution in [-0.4, -0.2) is 111 Å². The third-order valence-corrected chi connectivity index (χ3v) is 12.6.